The van der Waals surface area contributed by atoms with Gasteiger partial charge in [0.2, 0.25) is 0 Å². The first kappa shape index (κ1) is 23.1. The van der Waals surface area contributed by atoms with Crippen molar-refractivity contribution >= 4 is 11.6 Å². The highest BCUT2D eigenvalue weighted by molar-refractivity contribution is 6.31. The molecule has 0 aromatic heterocycles. The molecule has 4 N–H and O–H groups in total. The number of aliphatic hydroxyl groups is 2. The molecule has 0 radical (unpaired) electrons. The number of halogens is 3. The number of hydrogen-bond donors (Lipinski definition) is 4. The number of nitrogens with one attached hydrogen (secondary N) is 2. The van der Waals surface area contributed by atoms with Crippen LogP contribution >= 0.6 is 11.6 Å². The highest BCUT2D eigenvalue weighted by atomic mass is 35.5. The lowest BCUT2D eigenvalue weighted by molar-refractivity contribution is -0.000884. The second kappa shape index (κ2) is 9.45. The van der Waals surface area contributed by atoms with Crippen LogP contribution in [0.5, 0.6) is 5.75 Å². The van der Waals surface area contributed by atoms with Gasteiger partial charge >= 0.3 is 0 Å². The topological polar surface area (TPSA) is 73.8 Å². The largest absolute Gasteiger partial charge is 0.493 e. The first-order chi connectivity index (χ1) is 15.4. The highest BCUT2D eigenvalue weighted by Gasteiger charge is 2.58. The van der Waals surface area contributed by atoms with Crippen molar-refractivity contribution in [1.82, 2.24) is 10.6 Å². The fourth-order valence-electron chi connectivity index (χ4n) is 4.34. The number of aliphatic hydroxyl groups excluding tert-OH is 2. The minimum Gasteiger partial charge on any atom is -0.493 e. The van der Waals surface area contributed by atoms with E-state index in [1.807, 2.05) is 6.07 Å². The number of rotatable bonds is 9. The molecule has 2 fully saturated rings. The quantitative estimate of drug-likeness (QED) is 0.333. The fourth-order valence-corrected chi connectivity index (χ4v) is 4.62. The predicted molar refractivity (Wildman–Crippen MR) is 119 cm³/mol. The van der Waals surface area contributed by atoms with Gasteiger partial charge in [-0.3, -0.25) is 10.6 Å². The first-order valence-corrected chi connectivity index (χ1v) is 11.1. The van der Waals surface area contributed by atoms with Crippen molar-refractivity contribution < 1.29 is 23.7 Å². The molecule has 1 heterocycles. The maximum atomic E-state index is 14.2. The SMILES string of the molecule is C=CCC(F)(F)c1ccc(C2NC(c3c(Cl)cccc3OCCCO)C3C(O)C3N2)cc1. The van der Waals surface area contributed by atoms with Crippen molar-refractivity contribution in [2.24, 2.45) is 5.92 Å². The van der Waals surface area contributed by atoms with E-state index in [4.69, 9.17) is 21.4 Å². The van der Waals surface area contributed by atoms with Crippen LogP contribution < -0.4 is 15.4 Å². The molecular formula is C24H27ClF2N2O3. The molecule has 2 aromatic rings. The summed E-state index contributed by atoms with van der Waals surface area (Å²) in [7, 11) is 0. The lowest BCUT2D eigenvalue weighted by Gasteiger charge is -2.33. The molecule has 172 valence electrons. The molecule has 1 aliphatic carbocycles. The molecule has 2 aliphatic rings. The molecule has 32 heavy (non-hydrogen) atoms. The Labute approximate surface area is 191 Å². The van der Waals surface area contributed by atoms with Crippen LogP contribution in [0.2, 0.25) is 5.02 Å². The van der Waals surface area contributed by atoms with Gasteiger partial charge in [-0.25, -0.2) is 8.78 Å². The summed E-state index contributed by atoms with van der Waals surface area (Å²) in [6.07, 6.45) is 0.361. The van der Waals surface area contributed by atoms with Gasteiger partial charge in [0.25, 0.3) is 5.92 Å². The Balaban J connectivity index is 1.59. The van der Waals surface area contributed by atoms with E-state index < -0.39 is 18.4 Å². The molecule has 2 aromatic carbocycles. The number of allylic oxidation sites excluding steroid dienone is 1. The van der Waals surface area contributed by atoms with E-state index in [9.17, 15) is 13.9 Å². The second-order valence-corrected chi connectivity index (χ2v) is 8.64. The van der Waals surface area contributed by atoms with Crippen LogP contribution in [0, 0.1) is 5.92 Å². The fraction of sp³-hybridized carbons (Fsp3) is 0.417. The monoisotopic (exact) mass is 464 g/mol. The molecule has 1 aliphatic heterocycles. The Morgan fingerprint density at radius 2 is 1.91 bits per heavy atom. The van der Waals surface area contributed by atoms with Crippen LogP contribution in [-0.4, -0.2) is 35.6 Å². The predicted octanol–water partition coefficient (Wildman–Crippen LogP) is 4.06. The summed E-state index contributed by atoms with van der Waals surface area (Å²) in [6.45, 7) is 3.77. The molecule has 1 saturated heterocycles. The summed E-state index contributed by atoms with van der Waals surface area (Å²) < 4.78 is 34.2. The minimum atomic E-state index is -2.97. The molecule has 4 rings (SSSR count). The first-order valence-electron chi connectivity index (χ1n) is 10.7. The van der Waals surface area contributed by atoms with E-state index in [1.165, 1.54) is 18.2 Å². The molecule has 0 spiro atoms. The van der Waals surface area contributed by atoms with Crippen LogP contribution in [0.25, 0.3) is 0 Å². The third-order valence-corrected chi connectivity index (χ3v) is 6.41. The standard InChI is InChI=1S/C24H27ClF2N2O3/c1-2-11-24(26,27)15-9-7-14(8-10-15)23-28-20(19-21(29-23)22(19)31)18-16(25)5-3-6-17(18)32-13-4-12-30/h2-3,5-10,19-23,28-31H,1,4,11-13H2. The van der Waals surface area contributed by atoms with Crippen molar-refractivity contribution in [1.29, 1.82) is 0 Å². The van der Waals surface area contributed by atoms with Crippen molar-refractivity contribution in [3.63, 3.8) is 0 Å². The highest BCUT2D eigenvalue weighted by Crippen LogP contribution is 2.50. The van der Waals surface area contributed by atoms with Gasteiger partial charge in [-0.15, -0.1) is 6.58 Å². The van der Waals surface area contributed by atoms with Crippen molar-refractivity contribution in [2.75, 3.05) is 13.2 Å². The summed E-state index contributed by atoms with van der Waals surface area (Å²) >= 11 is 6.54. The molecular weight excluding hydrogens is 438 g/mol. The van der Waals surface area contributed by atoms with Gasteiger partial charge in [0.05, 0.1) is 18.9 Å². The number of fused-ring (bicyclic) bond motifs is 1. The Morgan fingerprint density at radius 1 is 1.16 bits per heavy atom. The maximum Gasteiger partial charge on any atom is 0.276 e. The van der Waals surface area contributed by atoms with Gasteiger partial charge in [0, 0.05) is 53.6 Å². The Bertz CT molecular complexity index is 957. The number of hydrogen-bond acceptors (Lipinski definition) is 5. The van der Waals surface area contributed by atoms with Gasteiger partial charge in [-0.1, -0.05) is 48.0 Å². The van der Waals surface area contributed by atoms with Crippen LogP contribution in [-0.2, 0) is 5.92 Å². The number of alkyl halides is 2. The van der Waals surface area contributed by atoms with Crippen molar-refractivity contribution in [3.05, 3.63) is 76.8 Å². The van der Waals surface area contributed by atoms with Gasteiger partial charge in [0.15, 0.2) is 0 Å². The van der Waals surface area contributed by atoms with E-state index >= 15 is 0 Å². The van der Waals surface area contributed by atoms with Crippen LogP contribution in [0.3, 0.4) is 0 Å². The lowest BCUT2D eigenvalue weighted by atomic mass is 9.96. The van der Waals surface area contributed by atoms with Crippen molar-refractivity contribution in [3.8, 4) is 5.75 Å². The van der Waals surface area contributed by atoms with Gasteiger partial charge < -0.3 is 14.9 Å². The zero-order chi connectivity index (χ0) is 22.9. The Kier molecular flexibility index (Phi) is 6.83. The van der Waals surface area contributed by atoms with E-state index in [0.717, 1.165) is 11.1 Å². The second-order valence-electron chi connectivity index (χ2n) is 8.23. The van der Waals surface area contributed by atoms with Crippen LogP contribution in [0.4, 0.5) is 8.78 Å². The van der Waals surface area contributed by atoms with E-state index in [2.05, 4.69) is 17.2 Å². The molecule has 0 bridgehead atoms. The summed E-state index contributed by atoms with van der Waals surface area (Å²) in [6, 6.07) is 11.1. The average molecular weight is 465 g/mol. The molecule has 0 amide bonds. The molecule has 1 saturated carbocycles. The molecule has 8 heteroatoms. The van der Waals surface area contributed by atoms with E-state index in [0.29, 0.717) is 23.8 Å². The minimum absolute atomic E-state index is 0.0226. The molecule has 5 unspecified atom stereocenters. The number of benzene rings is 2. The maximum absolute atomic E-state index is 14.2. The number of ether oxygens (including phenoxy) is 1. The third-order valence-electron chi connectivity index (χ3n) is 6.08. The Hall–Kier alpha value is -2.03. The zero-order valence-corrected chi connectivity index (χ0v) is 18.2. The van der Waals surface area contributed by atoms with E-state index in [-0.39, 0.29) is 36.3 Å². The molecule has 5 atom stereocenters. The van der Waals surface area contributed by atoms with Gasteiger partial charge in [-0.2, -0.15) is 0 Å². The van der Waals surface area contributed by atoms with E-state index in [1.54, 1.807) is 24.3 Å². The summed E-state index contributed by atoms with van der Waals surface area (Å²) in [5.74, 6) is -2.46. The van der Waals surface area contributed by atoms with Crippen LogP contribution in [0.1, 0.15) is 41.7 Å². The molecule has 5 nitrogen and oxygen atoms in total. The lowest BCUT2D eigenvalue weighted by Crippen LogP contribution is -2.44. The summed E-state index contributed by atoms with van der Waals surface area (Å²) in [5.41, 5.74) is 1.46. The van der Waals surface area contributed by atoms with Gasteiger partial charge in [-0.05, 0) is 17.7 Å². The zero-order valence-electron chi connectivity index (χ0n) is 17.5. The summed E-state index contributed by atoms with van der Waals surface area (Å²) in [5, 5.41) is 26.9. The third kappa shape index (κ3) is 4.54. The summed E-state index contributed by atoms with van der Waals surface area (Å²) in [4.78, 5) is 0. The van der Waals surface area contributed by atoms with Gasteiger partial charge in [0.1, 0.15) is 5.75 Å². The Morgan fingerprint density at radius 3 is 2.59 bits per heavy atom. The van der Waals surface area contributed by atoms with Crippen molar-refractivity contribution in [2.45, 2.75) is 43.1 Å². The smallest absolute Gasteiger partial charge is 0.276 e. The average Bonchev–Trinajstić information content (AvgIpc) is 3.43. The van der Waals surface area contributed by atoms with Crippen LogP contribution in [0.15, 0.2) is 55.1 Å². The normalized spacial score (nSPS) is 27.0.